The summed E-state index contributed by atoms with van der Waals surface area (Å²) >= 11 is 0. The molecule has 0 saturated heterocycles. The second kappa shape index (κ2) is 7.67. The average molecular weight is 286 g/mol. The largest absolute Gasteiger partial charge is 0.349 e. The molecule has 0 aromatic heterocycles. The van der Waals surface area contributed by atoms with Crippen LogP contribution in [0, 0.1) is 5.41 Å². The SMILES string of the molecule is CCCC(CN)(CCC)C(=O)NCC(F)(F)C(F)F. The molecule has 0 aromatic carbocycles. The van der Waals surface area contributed by atoms with E-state index in [9.17, 15) is 22.4 Å². The van der Waals surface area contributed by atoms with E-state index in [-0.39, 0.29) is 6.54 Å². The third-order valence-corrected chi connectivity index (χ3v) is 3.13. The molecule has 0 heterocycles. The first-order valence-corrected chi connectivity index (χ1v) is 6.40. The van der Waals surface area contributed by atoms with Crippen LogP contribution in [0.1, 0.15) is 39.5 Å². The summed E-state index contributed by atoms with van der Waals surface area (Å²) in [5.74, 6) is -4.88. The van der Waals surface area contributed by atoms with Gasteiger partial charge in [-0.05, 0) is 12.8 Å². The maximum absolute atomic E-state index is 12.8. The standard InChI is InChI=1S/C12H22F4N2O/c1-3-5-11(7-17,6-4-2)10(19)18-8-12(15,16)9(13)14/h9H,3-8,17H2,1-2H3,(H,18,19). The van der Waals surface area contributed by atoms with Gasteiger partial charge in [0.25, 0.3) is 0 Å². The Balaban J connectivity index is 4.74. The van der Waals surface area contributed by atoms with Crippen LogP contribution in [0.5, 0.6) is 0 Å². The van der Waals surface area contributed by atoms with E-state index in [0.717, 1.165) is 0 Å². The number of nitrogens with one attached hydrogen (secondary N) is 1. The van der Waals surface area contributed by atoms with Gasteiger partial charge >= 0.3 is 12.3 Å². The smallest absolute Gasteiger partial charge is 0.324 e. The first-order chi connectivity index (χ1) is 8.75. The van der Waals surface area contributed by atoms with Crippen molar-refractivity contribution in [1.82, 2.24) is 5.32 Å². The first-order valence-electron chi connectivity index (χ1n) is 6.40. The van der Waals surface area contributed by atoms with Crippen LogP contribution in [0.15, 0.2) is 0 Å². The molecule has 0 aliphatic heterocycles. The van der Waals surface area contributed by atoms with E-state index in [2.05, 4.69) is 0 Å². The van der Waals surface area contributed by atoms with E-state index in [1.54, 1.807) is 0 Å². The lowest BCUT2D eigenvalue weighted by atomic mass is 9.78. The number of amides is 1. The number of carbonyl (C=O) groups is 1. The summed E-state index contributed by atoms with van der Waals surface area (Å²) in [5, 5.41) is 1.92. The highest BCUT2D eigenvalue weighted by Gasteiger charge is 2.43. The van der Waals surface area contributed by atoms with Crippen molar-refractivity contribution < 1.29 is 22.4 Å². The van der Waals surface area contributed by atoms with Crippen molar-refractivity contribution in [2.24, 2.45) is 11.1 Å². The fraction of sp³-hybridized carbons (Fsp3) is 0.917. The van der Waals surface area contributed by atoms with Gasteiger partial charge in [-0.1, -0.05) is 26.7 Å². The second-order valence-electron chi connectivity index (χ2n) is 4.73. The summed E-state index contributed by atoms with van der Waals surface area (Å²) in [7, 11) is 0. The molecule has 1 amide bonds. The van der Waals surface area contributed by atoms with E-state index in [1.807, 2.05) is 19.2 Å². The van der Waals surface area contributed by atoms with Gasteiger partial charge in [0.2, 0.25) is 5.91 Å². The van der Waals surface area contributed by atoms with E-state index in [0.29, 0.717) is 25.7 Å². The quantitative estimate of drug-likeness (QED) is 0.640. The number of nitrogens with two attached hydrogens (primary N) is 1. The highest BCUT2D eigenvalue weighted by atomic mass is 19.3. The third kappa shape index (κ3) is 4.97. The van der Waals surface area contributed by atoms with Crippen LogP contribution in [-0.4, -0.2) is 31.3 Å². The molecule has 0 saturated carbocycles. The van der Waals surface area contributed by atoms with Crippen LogP contribution in [0.2, 0.25) is 0 Å². The third-order valence-electron chi connectivity index (χ3n) is 3.13. The van der Waals surface area contributed by atoms with Crippen molar-refractivity contribution >= 4 is 5.91 Å². The first kappa shape index (κ1) is 18.1. The second-order valence-corrected chi connectivity index (χ2v) is 4.73. The van der Waals surface area contributed by atoms with Crippen LogP contribution < -0.4 is 11.1 Å². The molecular weight excluding hydrogens is 264 g/mol. The highest BCUT2D eigenvalue weighted by Crippen LogP contribution is 2.30. The monoisotopic (exact) mass is 286 g/mol. The lowest BCUT2D eigenvalue weighted by Crippen LogP contribution is -2.50. The summed E-state index contributed by atoms with van der Waals surface area (Å²) in [4.78, 5) is 12.0. The molecule has 7 heteroatoms. The lowest BCUT2D eigenvalue weighted by Gasteiger charge is -2.31. The summed E-state index contributed by atoms with van der Waals surface area (Å²) in [5.41, 5.74) is 4.64. The van der Waals surface area contributed by atoms with Gasteiger partial charge in [0.1, 0.15) is 0 Å². The minimum Gasteiger partial charge on any atom is -0.349 e. The highest BCUT2D eigenvalue weighted by molar-refractivity contribution is 5.82. The van der Waals surface area contributed by atoms with Crippen molar-refractivity contribution in [2.75, 3.05) is 13.1 Å². The zero-order chi connectivity index (χ0) is 15.1. The molecular formula is C12H22F4N2O. The van der Waals surface area contributed by atoms with E-state index in [1.165, 1.54) is 0 Å². The molecule has 3 nitrogen and oxygen atoms in total. The Morgan fingerprint density at radius 2 is 1.68 bits per heavy atom. The number of carbonyl (C=O) groups excluding carboxylic acids is 1. The zero-order valence-electron chi connectivity index (χ0n) is 11.3. The summed E-state index contributed by atoms with van der Waals surface area (Å²) in [6, 6.07) is 0. The van der Waals surface area contributed by atoms with E-state index in [4.69, 9.17) is 5.73 Å². The molecule has 0 rings (SSSR count). The number of halogens is 4. The molecule has 0 spiro atoms. The zero-order valence-corrected chi connectivity index (χ0v) is 11.3. The van der Waals surface area contributed by atoms with Crippen LogP contribution in [0.4, 0.5) is 17.6 Å². The van der Waals surface area contributed by atoms with Gasteiger partial charge in [-0.25, -0.2) is 8.78 Å². The van der Waals surface area contributed by atoms with Gasteiger partial charge in [0.15, 0.2) is 0 Å². The summed E-state index contributed by atoms with van der Waals surface area (Å²) in [6.45, 7) is 2.35. The Bertz CT molecular complexity index is 279. The molecule has 114 valence electrons. The molecule has 0 aliphatic carbocycles. The average Bonchev–Trinajstić information content (AvgIpc) is 2.35. The molecule has 0 bridgehead atoms. The maximum atomic E-state index is 12.8. The van der Waals surface area contributed by atoms with Gasteiger partial charge in [0, 0.05) is 6.54 Å². The van der Waals surface area contributed by atoms with Gasteiger partial charge in [-0.2, -0.15) is 8.78 Å². The van der Waals surface area contributed by atoms with Crippen molar-refractivity contribution in [1.29, 1.82) is 0 Å². The van der Waals surface area contributed by atoms with Gasteiger partial charge in [-0.15, -0.1) is 0 Å². The van der Waals surface area contributed by atoms with Crippen molar-refractivity contribution in [3.05, 3.63) is 0 Å². The molecule has 0 radical (unpaired) electrons. The Morgan fingerprint density at radius 3 is 2.00 bits per heavy atom. The Kier molecular flexibility index (Phi) is 7.33. The molecule has 19 heavy (non-hydrogen) atoms. The Morgan fingerprint density at radius 1 is 1.21 bits per heavy atom. The molecule has 0 atom stereocenters. The van der Waals surface area contributed by atoms with E-state index < -0.39 is 30.2 Å². The molecule has 0 aliphatic rings. The topological polar surface area (TPSA) is 55.1 Å². The van der Waals surface area contributed by atoms with E-state index >= 15 is 0 Å². The molecule has 3 N–H and O–H groups in total. The predicted octanol–water partition coefficient (Wildman–Crippen LogP) is 2.55. The Labute approximate surface area is 110 Å². The lowest BCUT2D eigenvalue weighted by molar-refractivity contribution is -0.143. The molecule has 0 unspecified atom stereocenters. The summed E-state index contributed by atoms with van der Waals surface area (Å²) in [6.07, 6.45) is -1.57. The van der Waals surface area contributed by atoms with Gasteiger partial charge < -0.3 is 11.1 Å². The molecule has 0 aromatic rings. The van der Waals surface area contributed by atoms with Gasteiger partial charge in [0.05, 0.1) is 12.0 Å². The van der Waals surface area contributed by atoms with Crippen LogP contribution >= 0.6 is 0 Å². The van der Waals surface area contributed by atoms with Crippen LogP contribution in [-0.2, 0) is 4.79 Å². The van der Waals surface area contributed by atoms with Crippen LogP contribution in [0.3, 0.4) is 0 Å². The van der Waals surface area contributed by atoms with Gasteiger partial charge in [-0.3, -0.25) is 4.79 Å². The van der Waals surface area contributed by atoms with Crippen molar-refractivity contribution in [2.45, 2.75) is 51.9 Å². The minimum atomic E-state index is -4.21. The number of rotatable bonds is 9. The van der Waals surface area contributed by atoms with Crippen molar-refractivity contribution in [3.8, 4) is 0 Å². The normalized spacial score (nSPS) is 12.8. The number of hydrogen-bond donors (Lipinski definition) is 2. The predicted molar refractivity (Wildman–Crippen MR) is 65.3 cm³/mol. The summed E-state index contributed by atoms with van der Waals surface area (Å²) < 4.78 is 49.6. The van der Waals surface area contributed by atoms with Crippen molar-refractivity contribution in [3.63, 3.8) is 0 Å². The fourth-order valence-corrected chi connectivity index (χ4v) is 2.07. The van der Waals surface area contributed by atoms with Crippen LogP contribution in [0.25, 0.3) is 0 Å². The maximum Gasteiger partial charge on any atom is 0.324 e. The minimum absolute atomic E-state index is 0.0146. The Hall–Kier alpha value is -0.850. The molecule has 0 fully saturated rings. The number of alkyl halides is 4. The fourth-order valence-electron chi connectivity index (χ4n) is 2.07. The number of hydrogen-bond acceptors (Lipinski definition) is 2.